The SMILES string of the molecule is CC(C)(C)[Si](O[C@@H]1C[C@@H](O)[C@@H](Oc2ccc(Cl)cc2)C1)(c1ccccc1)c1ccccc1. The van der Waals surface area contributed by atoms with Crippen LogP contribution in [0.2, 0.25) is 10.1 Å². The Kier molecular flexibility index (Phi) is 6.77. The Bertz CT molecular complexity index is 963. The zero-order valence-corrected chi connectivity index (χ0v) is 20.6. The topological polar surface area (TPSA) is 38.7 Å². The maximum absolute atomic E-state index is 10.8. The normalized spacial score (nSPS) is 21.5. The Morgan fingerprint density at radius 3 is 1.84 bits per heavy atom. The van der Waals surface area contributed by atoms with Gasteiger partial charge < -0.3 is 14.3 Å². The third-order valence-corrected chi connectivity index (χ3v) is 11.6. The van der Waals surface area contributed by atoms with Crippen LogP contribution in [0.1, 0.15) is 33.6 Å². The van der Waals surface area contributed by atoms with E-state index in [4.69, 9.17) is 20.8 Å². The van der Waals surface area contributed by atoms with Crippen molar-refractivity contribution in [2.24, 2.45) is 0 Å². The van der Waals surface area contributed by atoms with Crippen LogP contribution in [0.4, 0.5) is 0 Å². The fourth-order valence-electron chi connectivity index (χ4n) is 4.79. The first kappa shape index (κ1) is 23.1. The zero-order chi connectivity index (χ0) is 22.8. The minimum Gasteiger partial charge on any atom is -0.488 e. The van der Waals surface area contributed by atoms with E-state index in [-0.39, 0.29) is 17.2 Å². The number of hydrogen-bond acceptors (Lipinski definition) is 3. The lowest BCUT2D eigenvalue weighted by Crippen LogP contribution is -2.67. The minimum absolute atomic E-state index is 0.0893. The summed E-state index contributed by atoms with van der Waals surface area (Å²) in [5, 5.41) is 13.9. The van der Waals surface area contributed by atoms with Crippen molar-refractivity contribution in [1.29, 1.82) is 0 Å². The third kappa shape index (κ3) is 4.64. The molecule has 1 fully saturated rings. The molecule has 0 aliphatic heterocycles. The Morgan fingerprint density at radius 2 is 1.34 bits per heavy atom. The van der Waals surface area contributed by atoms with Crippen molar-refractivity contribution in [2.75, 3.05) is 0 Å². The molecule has 4 rings (SSSR count). The van der Waals surface area contributed by atoms with Crippen molar-refractivity contribution in [3.8, 4) is 5.75 Å². The van der Waals surface area contributed by atoms with E-state index < -0.39 is 14.4 Å². The molecule has 0 spiro atoms. The van der Waals surface area contributed by atoms with E-state index in [9.17, 15) is 5.11 Å². The number of halogens is 1. The number of hydrogen-bond donors (Lipinski definition) is 1. The minimum atomic E-state index is -2.66. The predicted octanol–water partition coefficient (Wildman–Crippen LogP) is 5.19. The lowest BCUT2D eigenvalue weighted by Gasteiger charge is -2.44. The number of rotatable bonds is 6. The molecule has 32 heavy (non-hydrogen) atoms. The van der Waals surface area contributed by atoms with Gasteiger partial charge in [0.05, 0.1) is 12.2 Å². The van der Waals surface area contributed by atoms with Crippen LogP contribution in [0.25, 0.3) is 0 Å². The van der Waals surface area contributed by atoms with Gasteiger partial charge in [0, 0.05) is 17.9 Å². The van der Waals surface area contributed by atoms with Crippen LogP contribution in [-0.2, 0) is 4.43 Å². The molecule has 1 N–H and O–H groups in total. The lowest BCUT2D eigenvalue weighted by atomic mass is 10.2. The van der Waals surface area contributed by atoms with Gasteiger partial charge in [-0.2, -0.15) is 0 Å². The van der Waals surface area contributed by atoms with Crippen LogP contribution < -0.4 is 15.1 Å². The maximum Gasteiger partial charge on any atom is 0.261 e. The first-order valence-corrected chi connectivity index (χ1v) is 13.5. The Morgan fingerprint density at radius 1 is 0.812 bits per heavy atom. The molecule has 1 aliphatic carbocycles. The molecule has 1 saturated carbocycles. The molecule has 0 saturated heterocycles. The van der Waals surface area contributed by atoms with Crippen LogP contribution >= 0.6 is 11.6 Å². The van der Waals surface area contributed by atoms with Crippen molar-refractivity contribution < 1.29 is 14.3 Å². The van der Waals surface area contributed by atoms with E-state index in [1.807, 2.05) is 24.3 Å². The van der Waals surface area contributed by atoms with Gasteiger partial charge in [0.2, 0.25) is 0 Å². The Labute approximate surface area is 197 Å². The van der Waals surface area contributed by atoms with E-state index in [1.54, 1.807) is 12.1 Å². The second-order valence-electron chi connectivity index (χ2n) is 9.55. The van der Waals surface area contributed by atoms with Crippen LogP contribution in [0.15, 0.2) is 84.9 Å². The highest BCUT2D eigenvalue weighted by Crippen LogP contribution is 2.40. The van der Waals surface area contributed by atoms with Gasteiger partial charge in [-0.05, 0) is 39.7 Å². The molecule has 168 valence electrons. The van der Waals surface area contributed by atoms with Gasteiger partial charge >= 0.3 is 0 Å². The van der Waals surface area contributed by atoms with Crippen molar-refractivity contribution in [3.05, 3.63) is 90.0 Å². The monoisotopic (exact) mass is 466 g/mol. The van der Waals surface area contributed by atoms with Gasteiger partial charge in [-0.25, -0.2) is 0 Å². The second kappa shape index (κ2) is 9.40. The standard InChI is InChI=1S/C27H31ClO3Si/c1-27(2,3)32(23-10-6-4-7-11-23,24-12-8-5-9-13-24)31-22-18-25(29)26(19-22)30-21-16-14-20(28)15-17-21/h4-17,22,25-26,29H,18-19H2,1-3H3/t22-,25-,26+/m1/s1. The van der Waals surface area contributed by atoms with E-state index in [1.165, 1.54) is 10.4 Å². The smallest absolute Gasteiger partial charge is 0.261 e. The maximum atomic E-state index is 10.8. The van der Waals surface area contributed by atoms with Crippen LogP contribution in [-0.4, -0.2) is 31.7 Å². The molecule has 3 nitrogen and oxygen atoms in total. The molecule has 3 atom stereocenters. The molecule has 5 heteroatoms. The fraction of sp³-hybridized carbons (Fsp3) is 0.333. The molecule has 0 amide bonds. The number of ether oxygens (including phenoxy) is 1. The molecule has 0 bridgehead atoms. The Balaban J connectivity index is 1.65. The van der Waals surface area contributed by atoms with Gasteiger partial charge in [-0.15, -0.1) is 0 Å². The highest BCUT2D eigenvalue weighted by Gasteiger charge is 2.53. The summed E-state index contributed by atoms with van der Waals surface area (Å²) >= 11 is 5.99. The van der Waals surface area contributed by atoms with Crippen molar-refractivity contribution in [2.45, 2.75) is 57.0 Å². The zero-order valence-electron chi connectivity index (χ0n) is 18.9. The van der Waals surface area contributed by atoms with Gasteiger partial charge in [0.15, 0.2) is 0 Å². The van der Waals surface area contributed by atoms with Gasteiger partial charge in [-0.1, -0.05) is 93.0 Å². The molecular formula is C27H31ClO3Si. The largest absolute Gasteiger partial charge is 0.488 e. The van der Waals surface area contributed by atoms with Crippen molar-refractivity contribution in [1.82, 2.24) is 0 Å². The van der Waals surface area contributed by atoms with Crippen molar-refractivity contribution >= 4 is 30.3 Å². The molecular weight excluding hydrogens is 436 g/mol. The van der Waals surface area contributed by atoms with Gasteiger partial charge in [0.25, 0.3) is 8.32 Å². The summed E-state index contributed by atoms with van der Waals surface area (Å²) in [7, 11) is -2.66. The summed E-state index contributed by atoms with van der Waals surface area (Å²) in [4.78, 5) is 0. The van der Waals surface area contributed by atoms with E-state index in [0.29, 0.717) is 23.6 Å². The van der Waals surface area contributed by atoms with E-state index >= 15 is 0 Å². The molecule has 3 aromatic carbocycles. The molecule has 0 aromatic heterocycles. The number of aliphatic hydroxyl groups excluding tert-OH is 1. The van der Waals surface area contributed by atoms with Crippen LogP contribution in [0.3, 0.4) is 0 Å². The van der Waals surface area contributed by atoms with E-state index in [0.717, 1.165) is 0 Å². The Hall–Kier alpha value is -2.11. The summed E-state index contributed by atoms with van der Waals surface area (Å²) in [6.45, 7) is 6.81. The second-order valence-corrected chi connectivity index (χ2v) is 14.2. The van der Waals surface area contributed by atoms with Crippen LogP contribution in [0, 0.1) is 0 Å². The first-order chi connectivity index (χ1) is 15.3. The third-order valence-electron chi connectivity index (χ3n) is 6.29. The van der Waals surface area contributed by atoms with Crippen LogP contribution in [0.5, 0.6) is 5.75 Å². The molecule has 0 unspecified atom stereocenters. The summed E-state index contributed by atoms with van der Waals surface area (Å²) in [6.07, 6.45) is 0.235. The average molecular weight is 467 g/mol. The lowest BCUT2D eigenvalue weighted by molar-refractivity contribution is 0.0603. The molecule has 3 aromatic rings. The predicted molar refractivity (Wildman–Crippen MR) is 134 cm³/mol. The average Bonchev–Trinajstić information content (AvgIpc) is 3.12. The van der Waals surface area contributed by atoms with E-state index in [2.05, 4.69) is 69.3 Å². The number of aliphatic hydroxyl groups is 1. The summed E-state index contributed by atoms with van der Waals surface area (Å²) in [5.41, 5.74) is 0. The molecule has 0 radical (unpaired) electrons. The number of benzene rings is 3. The highest BCUT2D eigenvalue weighted by atomic mass is 35.5. The van der Waals surface area contributed by atoms with Gasteiger partial charge in [0.1, 0.15) is 11.9 Å². The van der Waals surface area contributed by atoms with Gasteiger partial charge in [-0.3, -0.25) is 0 Å². The molecule has 0 heterocycles. The van der Waals surface area contributed by atoms with Crippen molar-refractivity contribution in [3.63, 3.8) is 0 Å². The highest BCUT2D eigenvalue weighted by molar-refractivity contribution is 6.99. The summed E-state index contributed by atoms with van der Waals surface area (Å²) < 4.78 is 13.3. The summed E-state index contributed by atoms with van der Waals surface area (Å²) in [6, 6.07) is 28.5. The molecule has 1 aliphatic rings. The first-order valence-electron chi connectivity index (χ1n) is 11.2. The summed E-state index contributed by atoms with van der Waals surface area (Å²) in [5.74, 6) is 0.713. The fourth-order valence-corrected chi connectivity index (χ4v) is 9.62. The quantitative estimate of drug-likeness (QED) is 0.508.